The summed E-state index contributed by atoms with van der Waals surface area (Å²) in [5.74, 6) is -0.626. The molecule has 0 atom stereocenters. The third-order valence-electron chi connectivity index (χ3n) is 2.05. The SMILES string of the molecule is O=C1NC(=S)SC1=Cc1ccc(OC(F)(F)F)cc1. The molecule has 0 spiro atoms. The van der Waals surface area contributed by atoms with Gasteiger partial charge >= 0.3 is 6.36 Å². The van der Waals surface area contributed by atoms with Crippen LogP contribution in [0.1, 0.15) is 5.56 Å². The molecule has 100 valence electrons. The zero-order valence-electron chi connectivity index (χ0n) is 9.15. The van der Waals surface area contributed by atoms with Gasteiger partial charge in [-0.3, -0.25) is 4.79 Å². The smallest absolute Gasteiger partial charge is 0.406 e. The maximum Gasteiger partial charge on any atom is 0.573 e. The Balaban J connectivity index is 2.13. The molecule has 0 bridgehead atoms. The summed E-state index contributed by atoms with van der Waals surface area (Å²) in [5, 5.41) is 2.44. The molecule has 1 aromatic rings. The van der Waals surface area contributed by atoms with Crippen LogP contribution in [0.5, 0.6) is 5.75 Å². The number of amides is 1. The van der Waals surface area contributed by atoms with Gasteiger partial charge in [-0.05, 0) is 23.8 Å². The number of ether oxygens (including phenoxy) is 1. The molecule has 1 aliphatic rings. The first-order valence-corrected chi connectivity index (χ1v) is 6.17. The minimum atomic E-state index is -4.71. The van der Waals surface area contributed by atoms with Crippen molar-refractivity contribution in [1.82, 2.24) is 5.32 Å². The quantitative estimate of drug-likeness (QED) is 0.673. The Morgan fingerprint density at radius 1 is 1.26 bits per heavy atom. The number of hydrogen-bond donors (Lipinski definition) is 1. The first-order valence-electron chi connectivity index (χ1n) is 4.94. The molecule has 1 fully saturated rings. The molecule has 1 aliphatic heterocycles. The fourth-order valence-corrected chi connectivity index (χ4v) is 2.38. The number of hydrogen-bond acceptors (Lipinski definition) is 4. The highest BCUT2D eigenvalue weighted by atomic mass is 32.2. The normalized spacial score (nSPS) is 17.7. The van der Waals surface area contributed by atoms with Crippen LogP contribution >= 0.6 is 24.0 Å². The molecule has 0 radical (unpaired) electrons. The number of thioether (sulfide) groups is 1. The van der Waals surface area contributed by atoms with Crippen molar-refractivity contribution in [2.75, 3.05) is 0 Å². The molecule has 0 unspecified atom stereocenters. The van der Waals surface area contributed by atoms with Crippen molar-refractivity contribution in [2.24, 2.45) is 0 Å². The lowest BCUT2D eigenvalue weighted by atomic mass is 10.2. The predicted octanol–water partition coefficient (Wildman–Crippen LogP) is 3.07. The molecule has 1 N–H and O–H groups in total. The molecule has 0 aliphatic carbocycles. The van der Waals surface area contributed by atoms with Crippen molar-refractivity contribution < 1.29 is 22.7 Å². The van der Waals surface area contributed by atoms with Gasteiger partial charge in [0.1, 0.15) is 10.1 Å². The van der Waals surface area contributed by atoms with Gasteiger partial charge in [0.15, 0.2) is 0 Å². The van der Waals surface area contributed by atoms with E-state index in [1.807, 2.05) is 0 Å². The summed E-state index contributed by atoms with van der Waals surface area (Å²) in [7, 11) is 0. The number of carbonyl (C=O) groups is 1. The van der Waals surface area contributed by atoms with Crippen LogP contribution in [0.3, 0.4) is 0 Å². The van der Waals surface area contributed by atoms with Crippen molar-refractivity contribution in [2.45, 2.75) is 6.36 Å². The summed E-state index contributed by atoms with van der Waals surface area (Å²) in [4.78, 5) is 11.8. The Morgan fingerprint density at radius 3 is 2.37 bits per heavy atom. The van der Waals surface area contributed by atoms with E-state index >= 15 is 0 Å². The lowest BCUT2D eigenvalue weighted by Crippen LogP contribution is -2.17. The topological polar surface area (TPSA) is 38.3 Å². The number of thiocarbonyl (C=S) groups is 1. The molecule has 1 amide bonds. The van der Waals surface area contributed by atoms with Gasteiger partial charge in [-0.15, -0.1) is 13.2 Å². The lowest BCUT2D eigenvalue weighted by molar-refractivity contribution is -0.274. The second-order valence-corrected chi connectivity index (χ2v) is 5.19. The fraction of sp³-hybridized carbons (Fsp3) is 0.0909. The highest BCUT2D eigenvalue weighted by Crippen LogP contribution is 2.27. The molecule has 1 saturated heterocycles. The number of carbonyl (C=O) groups excluding carboxylic acids is 1. The standard InChI is InChI=1S/C11H6F3NO2S2/c12-11(13,14)17-7-3-1-6(2-4-7)5-8-9(16)15-10(18)19-8/h1-5H,(H,15,16,18). The fourth-order valence-electron chi connectivity index (χ4n) is 1.34. The molecule has 0 aromatic heterocycles. The van der Waals surface area contributed by atoms with Gasteiger partial charge in [0, 0.05) is 0 Å². The van der Waals surface area contributed by atoms with Crippen molar-refractivity contribution in [3.05, 3.63) is 34.7 Å². The van der Waals surface area contributed by atoms with E-state index in [-0.39, 0.29) is 11.7 Å². The molecule has 1 aromatic carbocycles. The van der Waals surface area contributed by atoms with Crippen LogP contribution in [-0.2, 0) is 4.79 Å². The van der Waals surface area contributed by atoms with Gasteiger partial charge in [0.2, 0.25) is 0 Å². The summed E-state index contributed by atoms with van der Waals surface area (Å²) in [6.07, 6.45) is -3.18. The Labute approximate surface area is 115 Å². The molecular weight excluding hydrogens is 299 g/mol. The third-order valence-corrected chi connectivity index (χ3v) is 3.22. The molecule has 0 saturated carbocycles. The maximum atomic E-state index is 12.0. The van der Waals surface area contributed by atoms with E-state index in [0.29, 0.717) is 14.8 Å². The highest BCUT2D eigenvalue weighted by Gasteiger charge is 2.31. The van der Waals surface area contributed by atoms with E-state index in [4.69, 9.17) is 12.2 Å². The summed E-state index contributed by atoms with van der Waals surface area (Å²) in [5.41, 5.74) is 0.580. The molecule has 2 rings (SSSR count). The summed E-state index contributed by atoms with van der Waals surface area (Å²) < 4.78 is 40.0. The number of benzene rings is 1. The summed E-state index contributed by atoms with van der Waals surface area (Å²) >= 11 is 5.92. The minimum Gasteiger partial charge on any atom is -0.406 e. The predicted molar refractivity (Wildman–Crippen MR) is 69.4 cm³/mol. The number of alkyl halides is 3. The van der Waals surface area contributed by atoms with Crippen LogP contribution in [0.4, 0.5) is 13.2 Å². The number of rotatable bonds is 2. The van der Waals surface area contributed by atoms with Gasteiger partial charge in [0.05, 0.1) is 4.91 Å². The largest absolute Gasteiger partial charge is 0.573 e. The van der Waals surface area contributed by atoms with Crippen molar-refractivity contribution in [3.63, 3.8) is 0 Å². The summed E-state index contributed by atoms with van der Waals surface area (Å²) in [6.45, 7) is 0. The average molecular weight is 305 g/mol. The molecule has 1 heterocycles. The van der Waals surface area contributed by atoms with Crippen LogP contribution < -0.4 is 10.1 Å². The van der Waals surface area contributed by atoms with Crippen molar-refractivity contribution in [1.29, 1.82) is 0 Å². The molecular formula is C11H6F3NO2S2. The van der Waals surface area contributed by atoms with Crippen LogP contribution in [0.15, 0.2) is 29.2 Å². The highest BCUT2D eigenvalue weighted by molar-refractivity contribution is 8.26. The van der Waals surface area contributed by atoms with Gasteiger partial charge in [-0.25, -0.2) is 0 Å². The van der Waals surface area contributed by atoms with Crippen LogP contribution in [0.2, 0.25) is 0 Å². The van der Waals surface area contributed by atoms with E-state index in [0.717, 1.165) is 11.8 Å². The Kier molecular flexibility index (Phi) is 3.81. The summed E-state index contributed by atoms with van der Waals surface area (Å²) in [6, 6.07) is 5.19. The third kappa shape index (κ3) is 3.97. The van der Waals surface area contributed by atoms with Crippen LogP contribution in [0.25, 0.3) is 6.08 Å². The zero-order valence-corrected chi connectivity index (χ0v) is 10.8. The zero-order chi connectivity index (χ0) is 14.0. The van der Waals surface area contributed by atoms with E-state index in [2.05, 4.69) is 10.1 Å². The first-order chi connectivity index (χ1) is 8.83. The molecule has 19 heavy (non-hydrogen) atoms. The van der Waals surface area contributed by atoms with Crippen LogP contribution in [0, 0.1) is 0 Å². The van der Waals surface area contributed by atoms with Crippen molar-refractivity contribution >= 4 is 40.3 Å². The molecule has 3 nitrogen and oxygen atoms in total. The van der Waals surface area contributed by atoms with Gasteiger partial charge in [0.25, 0.3) is 5.91 Å². The van der Waals surface area contributed by atoms with E-state index in [1.165, 1.54) is 30.3 Å². The van der Waals surface area contributed by atoms with Crippen molar-refractivity contribution in [3.8, 4) is 5.75 Å². The van der Waals surface area contributed by atoms with Gasteiger partial charge < -0.3 is 10.1 Å². The minimum absolute atomic E-state index is 0.311. The number of halogens is 3. The lowest BCUT2D eigenvalue weighted by Gasteiger charge is -2.08. The van der Waals surface area contributed by atoms with E-state index in [9.17, 15) is 18.0 Å². The Morgan fingerprint density at radius 2 is 1.89 bits per heavy atom. The van der Waals surface area contributed by atoms with E-state index in [1.54, 1.807) is 0 Å². The first kappa shape index (κ1) is 13.9. The second kappa shape index (κ2) is 5.22. The maximum absolute atomic E-state index is 12.0. The molecule has 8 heteroatoms. The van der Waals surface area contributed by atoms with E-state index < -0.39 is 6.36 Å². The van der Waals surface area contributed by atoms with Crippen LogP contribution in [-0.4, -0.2) is 16.6 Å². The number of nitrogens with one attached hydrogen (secondary N) is 1. The van der Waals surface area contributed by atoms with Gasteiger partial charge in [-0.1, -0.05) is 36.1 Å². The monoisotopic (exact) mass is 305 g/mol. The Hall–Kier alpha value is -1.54. The second-order valence-electron chi connectivity index (χ2n) is 3.47. The van der Waals surface area contributed by atoms with Gasteiger partial charge in [-0.2, -0.15) is 0 Å². The average Bonchev–Trinajstić information content (AvgIpc) is 2.58. The Bertz CT molecular complexity index is 552.